The lowest BCUT2D eigenvalue weighted by Crippen LogP contribution is -2.39. The molecular weight excluding hydrogens is 517 g/mol. The fourth-order valence-corrected chi connectivity index (χ4v) is 3.63. The molecule has 0 aliphatic carbocycles. The van der Waals surface area contributed by atoms with Crippen LogP contribution >= 0.6 is 24.0 Å². The SMILES string of the molecule is CN=C(NCCCN1CCC(C)CC1)NCc1cccc(OCCN(C)CCOC)c1.I. The van der Waals surface area contributed by atoms with Gasteiger partial charge in [0.15, 0.2) is 5.96 Å². The highest BCUT2D eigenvalue weighted by Crippen LogP contribution is 2.16. The fraction of sp³-hybridized carbons (Fsp3) is 0.708. The van der Waals surface area contributed by atoms with Gasteiger partial charge in [0.05, 0.1) is 6.61 Å². The average molecular weight is 562 g/mol. The molecular formula is C24H44IN5O2. The lowest BCUT2D eigenvalue weighted by atomic mass is 9.99. The van der Waals surface area contributed by atoms with E-state index in [1.165, 1.54) is 31.5 Å². The number of benzene rings is 1. The van der Waals surface area contributed by atoms with Crippen molar-refractivity contribution in [2.75, 3.05) is 73.7 Å². The van der Waals surface area contributed by atoms with E-state index >= 15 is 0 Å². The Morgan fingerprint density at radius 2 is 1.94 bits per heavy atom. The van der Waals surface area contributed by atoms with Gasteiger partial charge in [0.2, 0.25) is 0 Å². The van der Waals surface area contributed by atoms with Crippen molar-refractivity contribution in [3.63, 3.8) is 0 Å². The molecule has 0 amide bonds. The minimum atomic E-state index is 0. The molecule has 0 spiro atoms. The molecule has 0 bridgehead atoms. The number of ether oxygens (including phenoxy) is 2. The molecule has 0 atom stereocenters. The highest BCUT2D eigenvalue weighted by molar-refractivity contribution is 14.0. The number of guanidine groups is 1. The van der Waals surface area contributed by atoms with Gasteiger partial charge >= 0.3 is 0 Å². The third-order valence-electron chi connectivity index (χ3n) is 5.82. The first-order valence-corrected chi connectivity index (χ1v) is 11.7. The third kappa shape index (κ3) is 12.2. The fourth-order valence-electron chi connectivity index (χ4n) is 3.63. The Kier molecular flexibility index (Phi) is 15.7. The predicted octanol–water partition coefficient (Wildman–Crippen LogP) is 3.05. The van der Waals surface area contributed by atoms with Crippen molar-refractivity contribution in [1.29, 1.82) is 0 Å². The predicted molar refractivity (Wildman–Crippen MR) is 144 cm³/mol. The summed E-state index contributed by atoms with van der Waals surface area (Å²) in [4.78, 5) is 9.13. The quantitative estimate of drug-likeness (QED) is 0.167. The highest BCUT2D eigenvalue weighted by atomic mass is 127. The molecule has 0 saturated carbocycles. The number of halogens is 1. The first-order valence-electron chi connectivity index (χ1n) is 11.7. The van der Waals surface area contributed by atoms with Crippen molar-refractivity contribution in [1.82, 2.24) is 20.4 Å². The van der Waals surface area contributed by atoms with E-state index in [0.29, 0.717) is 13.2 Å². The number of rotatable bonds is 13. The number of likely N-dealkylation sites (N-methyl/N-ethyl adjacent to an activating group) is 1. The molecule has 8 heteroatoms. The molecule has 7 nitrogen and oxygen atoms in total. The summed E-state index contributed by atoms with van der Waals surface area (Å²) in [5.41, 5.74) is 1.18. The Bertz CT molecular complexity index is 639. The summed E-state index contributed by atoms with van der Waals surface area (Å²) in [5, 5.41) is 6.83. The highest BCUT2D eigenvalue weighted by Gasteiger charge is 2.14. The summed E-state index contributed by atoms with van der Waals surface area (Å²) in [6.45, 7) is 10.9. The van der Waals surface area contributed by atoms with Crippen LogP contribution < -0.4 is 15.4 Å². The minimum absolute atomic E-state index is 0. The van der Waals surface area contributed by atoms with E-state index in [1.807, 2.05) is 19.2 Å². The molecule has 1 aromatic rings. The first-order chi connectivity index (χ1) is 15.1. The molecule has 184 valence electrons. The smallest absolute Gasteiger partial charge is 0.191 e. The van der Waals surface area contributed by atoms with Gasteiger partial charge in [0.25, 0.3) is 0 Å². The number of hydrogen-bond acceptors (Lipinski definition) is 5. The van der Waals surface area contributed by atoms with Crippen LogP contribution in [0.1, 0.15) is 31.7 Å². The van der Waals surface area contributed by atoms with Gasteiger partial charge in [0, 0.05) is 40.3 Å². The number of hydrogen-bond donors (Lipinski definition) is 2. The van der Waals surface area contributed by atoms with E-state index < -0.39 is 0 Å². The number of aliphatic imine (C=N–C) groups is 1. The first kappa shape index (κ1) is 28.9. The molecule has 1 aliphatic rings. The van der Waals surface area contributed by atoms with Crippen LogP contribution in [0.5, 0.6) is 5.75 Å². The summed E-state index contributed by atoms with van der Waals surface area (Å²) in [7, 11) is 5.62. The van der Waals surface area contributed by atoms with Crippen molar-refractivity contribution in [2.24, 2.45) is 10.9 Å². The second-order valence-electron chi connectivity index (χ2n) is 8.52. The number of likely N-dealkylation sites (tertiary alicyclic amines) is 1. The van der Waals surface area contributed by atoms with Crippen molar-refractivity contribution in [3.8, 4) is 5.75 Å². The maximum absolute atomic E-state index is 5.91. The zero-order chi connectivity index (χ0) is 22.3. The van der Waals surface area contributed by atoms with Crippen molar-refractivity contribution in [3.05, 3.63) is 29.8 Å². The van der Waals surface area contributed by atoms with E-state index in [0.717, 1.165) is 56.8 Å². The van der Waals surface area contributed by atoms with Crippen LogP contribution in [0.15, 0.2) is 29.3 Å². The molecule has 0 unspecified atom stereocenters. The van der Waals surface area contributed by atoms with Gasteiger partial charge in [-0.1, -0.05) is 19.1 Å². The standard InChI is InChI=1S/C24H43N5O2.HI/c1-21-9-13-29(14-10-21)12-6-11-26-24(25-2)27-20-22-7-5-8-23(19-22)31-18-16-28(3)15-17-30-4;/h5,7-8,19,21H,6,9-18,20H2,1-4H3,(H2,25,26,27);1H. The summed E-state index contributed by atoms with van der Waals surface area (Å²) in [5.74, 6) is 2.64. The van der Waals surface area contributed by atoms with Gasteiger partial charge in [-0.15, -0.1) is 24.0 Å². The molecule has 1 fully saturated rings. The molecule has 0 aromatic heterocycles. The largest absolute Gasteiger partial charge is 0.492 e. The third-order valence-corrected chi connectivity index (χ3v) is 5.82. The van der Waals surface area contributed by atoms with Crippen LogP contribution in [0.3, 0.4) is 0 Å². The molecule has 1 heterocycles. The average Bonchev–Trinajstić information content (AvgIpc) is 2.78. The Hall–Kier alpha value is -1.10. The Labute approximate surface area is 212 Å². The van der Waals surface area contributed by atoms with Gasteiger partial charge in [-0.3, -0.25) is 4.99 Å². The second-order valence-corrected chi connectivity index (χ2v) is 8.52. The summed E-state index contributed by atoms with van der Waals surface area (Å²) in [6.07, 6.45) is 3.81. The molecule has 1 aromatic carbocycles. The van der Waals surface area contributed by atoms with Crippen LogP contribution in [0, 0.1) is 5.92 Å². The lowest BCUT2D eigenvalue weighted by molar-refractivity contribution is 0.150. The van der Waals surface area contributed by atoms with E-state index in [9.17, 15) is 0 Å². The van der Waals surface area contributed by atoms with E-state index in [2.05, 4.69) is 51.5 Å². The van der Waals surface area contributed by atoms with Crippen LogP contribution in [-0.4, -0.2) is 89.4 Å². The maximum atomic E-state index is 5.91. The van der Waals surface area contributed by atoms with E-state index in [-0.39, 0.29) is 24.0 Å². The van der Waals surface area contributed by atoms with Crippen molar-refractivity contribution < 1.29 is 9.47 Å². The monoisotopic (exact) mass is 561 g/mol. The topological polar surface area (TPSA) is 61.4 Å². The summed E-state index contributed by atoms with van der Waals surface area (Å²) < 4.78 is 11.0. The van der Waals surface area contributed by atoms with Gasteiger partial charge in [0.1, 0.15) is 12.4 Å². The van der Waals surface area contributed by atoms with Crippen LogP contribution in [-0.2, 0) is 11.3 Å². The van der Waals surface area contributed by atoms with Crippen LogP contribution in [0.2, 0.25) is 0 Å². The zero-order valence-electron chi connectivity index (χ0n) is 20.4. The summed E-state index contributed by atoms with van der Waals surface area (Å²) >= 11 is 0. The minimum Gasteiger partial charge on any atom is -0.492 e. The number of piperidine rings is 1. The van der Waals surface area contributed by atoms with Gasteiger partial charge < -0.3 is 29.9 Å². The molecule has 1 aliphatic heterocycles. The number of nitrogens with one attached hydrogen (secondary N) is 2. The molecule has 2 N–H and O–H groups in total. The second kappa shape index (κ2) is 17.4. The molecule has 0 radical (unpaired) electrons. The van der Waals surface area contributed by atoms with Gasteiger partial charge in [-0.05, 0) is 69.6 Å². The number of nitrogens with zero attached hydrogens (tertiary/aromatic N) is 3. The van der Waals surface area contributed by atoms with Crippen molar-refractivity contribution >= 4 is 29.9 Å². The number of methoxy groups -OCH3 is 1. The molecule has 2 rings (SSSR count). The summed E-state index contributed by atoms with van der Waals surface area (Å²) in [6, 6.07) is 8.24. The molecule has 1 saturated heterocycles. The van der Waals surface area contributed by atoms with Gasteiger partial charge in [-0.2, -0.15) is 0 Å². The molecule has 32 heavy (non-hydrogen) atoms. The Morgan fingerprint density at radius 3 is 2.66 bits per heavy atom. The maximum Gasteiger partial charge on any atom is 0.191 e. The van der Waals surface area contributed by atoms with Gasteiger partial charge in [-0.25, -0.2) is 0 Å². The van der Waals surface area contributed by atoms with Crippen LogP contribution in [0.25, 0.3) is 0 Å². The Morgan fingerprint density at radius 1 is 1.19 bits per heavy atom. The van der Waals surface area contributed by atoms with Crippen LogP contribution in [0.4, 0.5) is 0 Å². The Balaban J connectivity index is 0.00000512. The van der Waals surface area contributed by atoms with E-state index in [1.54, 1.807) is 7.11 Å². The normalized spacial score (nSPS) is 15.5. The van der Waals surface area contributed by atoms with E-state index in [4.69, 9.17) is 9.47 Å². The van der Waals surface area contributed by atoms with Crippen molar-refractivity contribution in [2.45, 2.75) is 32.7 Å². The lowest BCUT2D eigenvalue weighted by Gasteiger charge is -2.30. The zero-order valence-corrected chi connectivity index (χ0v) is 22.8.